The Balaban J connectivity index is 2.72. The first-order valence-electron chi connectivity index (χ1n) is 4.62. The second-order valence-electron chi connectivity index (χ2n) is 3.55. The Morgan fingerprint density at radius 3 is 2.29 bits per heavy atom. The second kappa shape index (κ2) is 5.12. The van der Waals surface area contributed by atoms with Gasteiger partial charge >= 0.3 is 0 Å². The van der Waals surface area contributed by atoms with Gasteiger partial charge in [-0.3, -0.25) is 0 Å². The highest BCUT2D eigenvalue weighted by Crippen LogP contribution is 2.32. The molecule has 0 unspecified atom stereocenters. The Hall–Kier alpha value is -0.0951. The van der Waals surface area contributed by atoms with Gasteiger partial charge in [0.1, 0.15) is 13.4 Å². The number of hydrogen-bond donors (Lipinski definition) is 0. The molecule has 0 aromatic rings. The van der Waals surface area contributed by atoms with E-state index in [1.807, 2.05) is 0 Å². The molecule has 4 nitrogen and oxygen atoms in total. The molecule has 14 heavy (non-hydrogen) atoms. The average Bonchev–Trinajstić information content (AvgIpc) is 2.43. The Labute approximate surface area is 86.3 Å². The van der Waals surface area contributed by atoms with E-state index in [0.29, 0.717) is 19.6 Å². The van der Waals surface area contributed by atoms with Gasteiger partial charge in [0, 0.05) is 27.3 Å². The molecule has 1 rings (SSSR count). The third kappa shape index (κ3) is 2.28. The van der Waals surface area contributed by atoms with Crippen LogP contribution in [-0.2, 0) is 18.9 Å². The van der Waals surface area contributed by atoms with Gasteiger partial charge < -0.3 is 18.9 Å². The van der Waals surface area contributed by atoms with Crippen LogP contribution in [0.3, 0.4) is 0 Å². The van der Waals surface area contributed by atoms with Crippen LogP contribution < -0.4 is 0 Å². The maximum Gasteiger partial charge on any atom is 0.140 e. The van der Waals surface area contributed by atoms with Crippen molar-refractivity contribution in [3.8, 4) is 0 Å². The van der Waals surface area contributed by atoms with Crippen LogP contribution in [0.5, 0.6) is 0 Å². The number of ether oxygens (including phenoxy) is 4. The Morgan fingerprint density at radius 1 is 1.29 bits per heavy atom. The predicted octanol–water partition coefficient (Wildman–Crippen LogP) is -0.0521. The Bertz CT molecular complexity index is 170. The summed E-state index contributed by atoms with van der Waals surface area (Å²) in [6, 6.07) is -0.301. The second-order valence-corrected chi connectivity index (χ2v) is 3.55. The van der Waals surface area contributed by atoms with Crippen molar-refractivity contribution in [3.05, 3.63) is 0 Å². The summed E-state index contributed by atoms with van der Waals surface area (Å²) in [6.07, 6.45) is 0.598. The van der Waals surface area contributed by atoms with Gasteiger partial charge in [0.2, 0.25) is 0 Å². The molecule has 2 radical (unpaired) electrons. The van der Waals surface area contributed by atoms with Crippen LogP contribution in [-0.4, -0.2) is 60.1 Å². The van der Waals surface area contributed by atoms with Gasteiger partial charge in [-0.05, 0) is 6.42 Å². The largest absolute Gasteiger partial charge is 0.381 e. The van der Waals surface area contributed by atoms with Gasteiger partial charge in [0.05, 0.1) is 19.3 Å². The average molecular weight is 200 g/mol. The number of hydrogen-bond acceptors (Lipinski definition) is 4. The Kier molecular flexibility index (Phi) is 4.38. The highest BCUT2D eigenvalue weighted by molar-refractivity contribution is 6.11. The van der Waals surface area contributed by atoms with E-state index in [-0.39, 0.29) is 12.1 Å². The molecule has 0 amide bonds. The van der Waals surface area contributed by atoms with Crippen LogP contribution >= 0.6 is 0 Å². The van der Waals surface area contributed by atoms with Crippen molar-refractivity contribution in [1.82, 2.24) is 0 Å². The molecule has 1 heterocycles. The SMILES string of the molecule is [B][C@H]1C[C@H](OC)C(COC)(COC)O1. The first-order chi connectivity index (χ1) is 6.68. The smallest absolute Gasteiger partial charge is 0.140 e. The molecule has 1 saturated heterocycles. The van der Waals surface area contributed by atoms with Gasteiger partial charge in [-0.1, -0.05) is 0 Å². The van der Waals surface area contributed by atoms with E-state index in [2.05, 4.69) is 0 Å². The molecule has 0 aromatic heterocycles. The van der Waals surface area contributed by atoms with E-state index in [4.69, 9.17) is 26.8 Å². The van der Waals surface area contributed by atoms with Crippen molar-refractivity contribution in [2.45, 2.75) is 24.1 Å². The van der Waals surface area contributed by atoms with Crippen LogP contribution in [0.1, 0.15) is 6.42 Å². The van der Waals surface area contributed by atoms with Crippen molar-refractivity contribution in [1.29, 1.82) is 0 Å². The highest BCUT2D eigenvalue weighted by atomic mass is 16.6. The van der Waals surface area contributed by atoms with Crippen molar-refractivity contribution < 1.29 is 18.9 Å². The van der Waals surface area contributed by atoms with Crippen LogP contribution in [0.15, 0.2) is 0 Å². The summed E-state index contributed by atoms with van der Waals surface area (Å²) in [6.45, 7) is 0.847. The van der Waals surface area contributed by atoms with Crippen molar-refractivity contribution >= 4 is 7.85 Å². The molecule has 2 atom stereocenters. The monoisotopic (exact) mass is 200 g/mol. The van der Waals surface area contributed by atoms with Gasteiger partial charge in [-0.2, -0.15) is 0 Å². The summed E-state index contributed by atoms with van der Waals surface area (Å²) in [5, 5.41) is 0. The summed E-state index contributed by atoms with van der Waals surface area (Å²) < 4.78 is 21.2. The van der Waals surface area contributed by atoms with E-state index in [0.717, 1.165) is 0 Å². The van der Waals surface area contributed by atoms with E-state index < -0.39 is 5.60 Å². The molecular weight excluding hydrogens is 183 g/mol. The lowest BCUT2D eigenvalue weighted by molar-refractivity contribution is -0.145. The van der Waals surface area contributed by atoms with Crippen LogP contribution in [0.2, 0.25) is 0 Å². The molecule has 1 aliphatic heterocycles. The lowest BCUT2D eigenvalue weighted by Gasteiger charge is -2.32. The maximum atomic E-state index is 5.72. The molecule has 0 saturated carbocycles. The van der Waals surface area contributed by atoms with E-state index in [1.54, 1.807) is 21.3 Å². The van der Waals surface area contributed by atoms with Gasteiger partial charge in [0.25, 0.3) is 0 Å². The summed E-state index contributed by atoms with van der Waals surface area (Å²) in [4.78, 5) is 0. The topological polar surface area (TPSA) is 36.9 Å². The molecule has 5 heteroatoms. The molecule has 0 N–H and O–H groups in total. The molecule has 0 aromatic carbocycles. The number of methoxy groups -OCH3 is 3. The molecule has 0 spiro atoms. The lowest BCUT2D eigenvalue weighted by Crippen LogP contribution is -2.48. The zero-order chi connectivity index (χ0) is 10.6. The lowest BCUT2D eigenvalue weighted by atomic mass is 9.92. The summed E-state index contributed by atoms with van der Waals surface area (Å²) in [7, 11) is 10.6. The van der Waals surface area contributed by atoms with Crippen molar-refractivity contribution in [2.24, 2.45) is 0 Å². The molecule has 1 aliphatic rings. The van der Waals surface area contributed by atoms with Crippen molar-refractivity contribution in [3.63, 3.8) is 0 Å². The zero-order valence-electron chi connectivity index (χ0n) is 8.99. The minimum atomic E-state index is -0.558. The zero-order valence-corrected chi connectivity index (χ0v) is 8.99. The summed E-state index contributed by atoms with van der Waals surface area (Å²) in [5.74, 6) is 0. The predicted molar refractivity (Wildman–Crippen MR) is 52.5 cm³/mol. The normalized spacial score (nSPS) is 30.8. The fourth-order valence-electron chi connectivity index (χ4n) is 1.95. The molecule has 0 aliphatic carbocycles. The van der Waals surface area contributed by atoms with Crippen LogP contribution in [0.4, 0.5) is 0 Å². The summed E-state index contributed by atoms with van der Waals surface area (Å²) >= 11 is 0. The highest BCUT2D eigenvalue weighted by Gasteiger charge is 2.47. The molecule has 0 bridgehead atoms. The third-order valence-electron chi connectivity index (χ3n) is 2.48. The van der Waals surface area contributed by atoms with Crippen LogP contribution in [0, 0.1) is 0 Å². The first kappa shape index (κ1) is 12.0. The third-order valence-corrected chi connectivity index (χ3v) is 2.48. The standard InChI is InChI=1S/C9H17BO4/c1-11-5-9(6-12-2)7(13-3)4-8(10)14-9/h7-8H,4-6H2,1-3H3/t7-,8+/m0/s1. The quantitative estimate of drug-likeness (QED) is 0.583. The van der Waals surface area contributed by atoms with Crippen molar-refractivity contribution in [2.75, 3.05) is 34.5 Å². The fourth-order valence-corrected chi connectivity index (χ4v) is 1.95. The van der Waals surface area contributed by atoms with Gasteiger partial charge in [0.15, 0.2) is 0 Å². The molecule has 1 fully saturated rings. The van der Waals surface area contributed by atoms with Crippen LogP contribution in [0.25, 0.3) is 0 Å². The Morgan fingerprint density at radius 2 is 1.86 bits per heavy atom. The first-order valence-corrected chi connectivity index (χ1v) is 4.62. The molecular formula is C9H17BO4. The maximum absolute atomic E-state index is 5.72. The van der Waals surface area contributed by atoms with E-state index in [1.165, 1.54) is 0 Å². The minimum Gasteiger partial charge on any atom is -0.381 e. The van der Waals surface area contributed by atoms with E-state index in [9.17, 15) is 0 Å². The van der Waals surface area contributed by atoms with E-state index >= 15 is 0 Å². The molecule has 80 valence electrons. The van der Waals surface area contributed by atoms with Gasteiger partial charge in [-0.15, -0.1) is 0 Å². The summed E-state index contributed by atoms with van der Waals surface area (Å²) in [5.41, 5.74) is -0.558. The fraction of sp³-hybridized carbons (Fsp3) is 1.00. The minimum absolute atomic E-state index is 0.0719. The number of rotatable bonds is 5. The van der Waals surface area contributed by atoms with Gasteiger partial charge in [-0.25, -0.2) is 0 Å².